The number of aromatic nitrogens is 1. The molecule has 5 heteroatoms. The summed E-state index contributed by atoms with van der Waals surface area (Å²) in [5, 5.41) is 0.123. The van der Waals surface area contributed by atoms with Crippen LogP contribution in [0.2, 0.25) is 5.02 Å². The molecule has 0 radical (unpaired) electrons. The van der Waals surface area contributed by atoms with Crippen molar-refractivity contribution in [1.29, 1.82) is 0 Å². The van der Waals surface area contributed by atoms with Crippen molar-refractivity contribution in [1.82, 2.24) is 9.88 Å². The van der Waals surface area contributed by atoms with E-state index in [4.69, 9.17) is 11.6 Å². The first-order chi connectivity index (χ1) is 12.9. The molecular weight excluding hydrogens is 361 g/mol. The molecule has 2 saturated heterocycles. The first kappa shape index (κ1) is 18.1. The minimum atomic E-state index is -0.412. The Morgan fingerprint density at radius 1 is 1.26 bits per heavy atom. The molecule has 0 bridgehead atoms. The number of nitrogens with zero attached hydrogens (tertiary/aromatic N) is 3. The molecule has 3 nitrogen and oxygen atoms in total. The van der Waals surface area contributed by atoms with Crippen molar-refractivity contribution in [2.24, 2.45) is 5.41 Å². The quantitative estimate of drug-likeness (QED) is 0.691. The van der Waals surface area contributed by atoms with E-state index in [2.05, 4.69) is 40.9 Å². The number of anilines is 1. The number of benzene rings is 1. The summed E-state index contributed by atoms with van der Waals surface area (Å²) in [5.41, 5.74) is 3.99. The SMILES string of the molecule is C=C(C)N1CCC2(CC1)C(=C)N(c1ccc(F)c(Cl)c1)C2c1ccccn1. The Labute approximate surface area is 164 Å². The van der Waals surface area contributed by atoms with Gasteiger partial charge in [0.25, 0.3) is 0 Å². The lowest BCUT2D eigenvalue weighted by Gasteiger charge is -2.62. The van der Waals surface area contributed by atoms with Crippen LogP contribution < -0.4 is 4.90 Å². The lowest BCUT2D eigenvalue weighted by molar-refractivity contribution is 0.0827. The number of pyridine rings is 1. The number of rotatable bonds is 3. The van der Waals surface area contributed by atoms with Gasteiger partial charge in [-0.25, -0.2) is 4.39 Å². The number of piperidine rings is 1. The van der Waals surface area contributed by atoms with Crippen molar-refractivity contribution in [2.45, 2.75) is 25.8 Å². The topological polar surface area (TPSA) is 19.4 Å². The molecule has 0 saturated carbocycles. The molecule has 1 spiro atoms. The molecule has 0 amide bonds. The van der Waals surface area contributed by atoms with E-state index in [9.17, 15) is 4.39 Å². The minimum Gasteiger partial charge on any atom is -0.375 e. The van der Waals surface area contributed by atoms with Crippen LogP contribution in [0, 0.1) is 11.2 Å². The van der Waals surface area contributed by atoms with Crippen LogP contribution in [0.25, 0.3) is 0 Å². The van der Waals surface area contributed by atoms with Crippen LogP contribution in [0.3, 0.4) is 0 Å². The Morgan fingerprint density at radius 2 is 2.00 bits per heavy atom. The monoisotopic (exact) mass is 383 g/mol. The summed E-state index contributed by atoms with van der Waals surface area (Å²) >= 11 is 6.05. The van der Waals surface area contributed by atoms with E-state index in [0.717, 1.165) is 48.7 Å². The lowest BCUT2D eigenvalue weighted by atomic mass is 9.61. The van der Waals surface area contributed by atoms with E-state index in [1.807, 2.05) is 18.3 Å². The molecule has 1 aromatic carbocycles. The molecule has 3 heterocycles. The molecule has 140 valence electrons. The van der Waals surface area contributed by atoms with Crippen LogP contribution in [0.1, 0.15) is 31.5 Å². The molecule has 27 heavy (non-hydrogen) atoms. The second-order valence-corrected chi connectivity index (χ2v) is 7.86. The number of allylic oxidation sites excluding steroid dienone is 1. The van der Waals surface area contributed by atoms with Crippen molar-refractivity contribution < 1.29 is 4.39 Å². The van der Waals surface area contributed by atoms with Gasteiger partial charge in [0.15, 0.2) is 0 Å². The van der Waals surface area contributed by atoms with Crippen molar-refractivity contribution in [3.8, 4) is 0 Å². The van der Waals surface area contributed by atoms with E-state index in [1.165, 1.54) is 6.07 Å². The Kier molecular flexibility index (Phi) is 4.47. The fraction of sp³-hybridized carbons (Fsp3) is 0.318. The van der Waals surface area contributed by atoms with Crippen molar-refractivity contribution >= 4 is 17.3 Å². The summed E-state index contributed by atoms with van der Waals surface area (Å²) in [5.74, 6) is -0.412. The van der Waals surface area contributed by atoms with E-state index >= 15 is 0 Å². The predicted octanol–water partition coefficient (Wildman–Crippen LogP) is 5.56. The van der Waals surface area contributed by atoms with Gasteiger partial charge in [0.1, 0.15) is 5.82 Å². The van der Waals surface area contributed by atoms with Crippen LogP contribution in [0.4, 0.5) is 10.1 Å². The number of hydrogen-bond donors (Lipinski definition) is 0. The highest BCUT2D eigenvalue weighted by molar-refractivity contribution is 6.31. The Morgan fingerprint density at radius 3 is 2.59 bits per heavy atom. The second-order valence-electron chi connectivity index (χ2n) is 7.45. The number of hydrogen-bond acceptors (Lipinski definition) is 3. The first-order valence-corrected chi connectivity index (χ1v) is 9.57. The molecule has 4 rings (SSSR count). The Hall–Kier alpha value is -2.33. The van der Waals surface area contributed by atoms with Crippen LogP contribution in [0.5, 0.6) is 0 Å². The van der Waals surface area contributed by atoms with Gasteiger partial charge < -0.3 is 9.80 Å². The highest BCUT2D eigenvalue weighted by atomic mass is 35.5. The molecule has 2 aromatic rings. The van der Waals surface area contributed by atoms with E-state index < -0.39 is 5.82 Å². The van der Waals surface area contributed by atoms with Crippen LogP contribution in [-0.2, 0) is 0 Å². The molecule has 1 atom stereocenters. The summed E-state index contributed by atoms with van der Waals surface area (Å²) in [7, 11) is 0. The molecule has 2 aliphatic heterocycles. The van der Waals surface area contributed by atoms with Crippen LogP contribution in [-0.4, -0.2) is 23.0 Å². The van der Waals surface area contributed by atoms with Crippen LogP contribution >= 0.6 is 11.6 Å². The third-order valence-electron chi connectivity index (χ3n) is 5.99. The van der Waals surface area contributed by atoms with E-state index in [1.54, 1.807) is 12.1 Å². The molecule has 2 aliphatic rings. The lowest BCUT2D eigenvalue weighted by Crippen LogP contribution is -2.60. The van der Waals surface area contributed by atoms with E-state index in [-0.39, 0.29) is 16.5 Å². The van der Waals surface area contributed by atoms with Crippen molar-refractivity contribution in [2.75, 3.05) is 18.0 Å². The summed E-state index contributed by atoms with van der Waals surface area (Å²) in [6.45, 7) is 12.5. The summed E-state index contributed by atoms with van der Waals surface area (Å²) < 4.78 is 13.7. The molecule has 2 fully saturated rings. The van der Waals surface area contributed by atoms with Gasteiger partial charge in [0.05, 0.1) is 16.8 Å². The summed E-state index contributed by atoms with van der Waals surface area (Å²) in [6.07, 6.45) is 3.81. The van der Waals surface area contributed by atoms with Gasteiger partial charge in [-0.05, 0) is 50.1 Å². The first-order valence-electron chi connectivity index (χ1n) is 9.19. The molecule has 0 N–H and O–H groups in total. The molecule has 0 aliphatic carbocycles. The Balaban J connectivity index is 1.72. The maximum atomic E-state index is 13.7. The van der Waals surface area contributed by atoms with Gasteiger partial charge in [-0.15, -0.1) is 0 Å². The second kappa shape index (κ2) is 6.68. The summed E-state index contributed by atoms with van der Waals surface area (Å²) in [4.78, 5) is 9.12. The average Bonchev–Trinajstić information content (AvgIpc) is 2.68. The maximum Gasteiger partial charge on any atom is 0.141 e. The zero-order valence-electron chi connectivity index (χ0n) is 15.5. The van der Waals surface area contributed by atoms with Gasteiger partial charge in [0, 0.05) is 41.8 Å². The molecular formula is C22H23ClFN3. The Bertz CT molecular complexity index is 888. The third-order valence-corrected chi connectivity index (χ3v) is 6.28. The average molecular weight is 384 g/mol. The number of likely N-dealkylation sites (tertiary alicyclic amines) is 1. The van der Waals surface area contributed by atoms with E-state index in [0.29, 0.717) is 0 Å². The van der Waals surface area contributed by atoms with Crippen LogP contribution in [0.15, 0.2) is 67.1 Å². The highest BCUT2D eigenvalue weighted by Crippen LogP contribution is 2.62. The minimum absolute atomic E-state index is 0.0405. The zero-order chi connectivity index (χ0) is 19.2. The zero-order valence-corrected chi connectivity index (χ0v) is 16.2. The normalized spacial score (nSPS) is 21.3. The fourth-order valence-corrected chi connectivity index (χ4v) is 4.65. The third kappa shape index (κ3) is 2.83. The molecule has 1 unspecified atom stereocenters. The summed E-state index contributed by atoms with van der Waals surface area (Å²) in [6, 6.07) is 10.9. The largest absolute Gasteiger partial charge is 0.375 e. The van der Waals surface area contributed by atoms with Gasteiger partial charge in [-0.1, -0.05) is 30.8 Å². The van der Waals surface area contributed by atoms with Gasteiger partial charge >= 0.3 is 0 Å². The predicted molar refractivity (Wildman–Crippen MR) is 108 cm³/mol. The van der Waals surface area contributed by atoms with Crippen molar-refractivity contribution in [3.63, 3.8) is 0 Å². The molecule has 1 aromatic heterocycles. The number of halogens is 2. The van der Waals surface area contributed by atoms with Gasteiger partial charge in [-0.2, -0.15) is 0 Å². The smallest absolute Gasteiger partial charge is 0.141 e. The van der Waals surface area contributed by atoms with Gasteiger partial charge in [0.2, 0.25) is 0 Å². The fourth-order valence-electron chi connectivity index (χ4n) is 4.48. The maximum absolute atomic E-state index is 13.7. The standard InChI is InChI=1S/C22H23ClFN3/c1-15(2)26-12-9-22(10-13-26)16(3)27(17-7-8-19(24)18(23)14-17)21(22)20-6-4-5-11-25-20/h4-8,11,14,21H,1,3,9-10,12-13H2,2H3. The highest BCUT2D eigenvalue weighted by Gasteiger charge is 2.58. The van der Waals surface area contributed by atoms with Gasteiger partial charge in [-0.3, -0.25) is 4.98 Å². The van der Waals surface area contributed by atoms with Crippen molar-refractivity contribution in [3.05, 3.63) is 83.7 Å².